The van der Waals surface area contributed by atoms with Gasteiger partial charge in [-0.3, -0.25) is 9.78 Å². The Kier molecular flexibility index (Phi) is 4.20. The Hall–Kier alpha value is -3.09. The van der Waals surface area contributed by atoms with Crippen LogP contribution in [-0.2, 0) is 6.54 Å². The fourth-order valence-electron chi connectivity index (χ4n) is 2.82. The zero-order chi connectivity index (χ0) is 18.1. The zero-order valence-corrected chi connectivity index (χ0v) is 14.7. The Morgan fingerprint density at radius 1 is 1.31 bits per heavy atom. The summed E-state index contributed by atoms with van der Waals surface area (Å²) >= 11 is 0. The van der Waals surface area contributed by atoms with Crippen molar-refractivity contribution in [2.24, 2.45) is 0 Å². The molecule has 1 amide bonds. The molecule has 0 N–H and O–H groups in total. The minimum Gasteiger partial charge on any atom is -0.360 e. The molecular weight excluding hydrogens is 330 g/mol. The SMILES string of the molecule is Cc1ncc(-c2ccccn2)c(CN(C)C(=O)c2cc(C3CC3)on2)n1. The van der Waals surface area contributed by atoms with Gasteiger partial charge in [-0.2, -0.15) is 0 Å². The summed E-state index contributed by atoms with van der Waals surface area (Å²) in [5.74, 6) is 1.69. The van der Waals surface area contributed by atoms with Gasteiger partial charge < -0.3 is 9.42 Å². The van der Waals surface area contributed by atoms with E-state index < -0.39 is 0 Å². The second-order valence-corrected chi connectivity index (χ2v) is 6.54. The van der Waals surface area contributed by atoms with Crippen molar-refractivity contribution in [1.82, 2.24) is 25.0 Å². The van der Waals surface area contributed by atoms with Gasteiger partial charge in [0, 0.05) is 37.0 Å². The van der Waals surface area contributed by atoms with Crippen molar-refractivity contribution in [3.8, 4) is 11.3 Å². The van der Waals surface area contributed by atoms with E-state index in [0.29, 0.717) is 24.0 Å². The molecule has 0 radical (unpaired) electrons. The molecule has 0 spiro atoms. The summed E-state index contributed by atoms with van der Waals surface area (Å²) in [5.41, 5.74) is 2.67. The highest BCUT2D eigenvalue weighted by molar-refractivity contribution is 5.92. The monoisotopic (exact) mass is 349 g/mol. The molecule has 0 aliphatic heterocycles. The van der Waals surface area contributed by atoms with E-state index in [4.69, 9.17) is 4.52 Å². The summed E-state index contributed by atoms with van der Waals surface area (Å²) in [5, 5.41) is 3.93. The van der Waals surface area contributed by atoms with Crippen LogP contribution in [0.25, 0.3) is 11.3 Å². The number of carbonyl (C=O) groups excluding carboxylic acids is 1. The molecule has 0 aromatic carbocycles. The molecule has 3 heterocycles. The molecule has 0 unspecified atom stereocenters. The van der Waals surface area contributed by atoms with Gasteiger partial charge in [-0.05, 0) is 31.9 Å². The molecule has 4 rings (SSSR count). The van der Waals surface area contributed by atoms with Crippen molar-refractivity contribution >= 4 is 5.91 Å². The quantitative estimate of drug-likeness (QED) is 0.704. The largest absolute Gasteiger partial charge is 0.360 e. The highest BCUT2D eigenvalue weighted by Gasteiger charge is 2.29. The standard InChI is InChI=1S/C19H19N5O2/c1-12-21-10-14(15-5-3-4-8-20-15)17(22-12)11-24(2)19(25)16-9-18(26-23-16)13-6-7-13/h3-5,8-10,13H,6-7,11H2,1-2H3. The van der Waals surface area contributed by atoms with Crippen LogP contribution >= 0.6 is 0 Å². The predicted octanol–water partition coefficient (Wildman–Crippen LogP) is 2.98. The molecule has 26 heavy (non-hydrogen) atoms. The Morgan fingerprint density at radius 3 is 2.88 bits per heavy atom. The van der Waals surface area contributed by atoms with Crippen molar-refractivity contribution < 1.29 is 9.32 Å². The number of hydrogen-bond donors (Lipinski definition) is 0. The number of pyridine rings is 1. The lowest BCUT2D eigenvalue weighted by Gasteiger charge is -2.17. The van der Waals surface area contributed by atoms with Gasteiger partial charge in [0.05, 0.1) is 17.9 Å². The maximum Gasteiger partial charge on any atom is 0.276 e. The molecule has 1 fully saturated rings. The lowest BCUT2D eigenvalue weighted by atomic mass is 10.1. The number of carbonyl (C=O) groups is 1. The Labute approximate surface area is 151 Å². The molecule has 0 saturated heterocycles. The summed E-state index contributed by atoms with van der Waals surface area (Å²) in [6, 6.07) is 7.42. The number of aromatic nitrogens is 4. The summed E-state index contributed by atoms with van der Waals surface area (Å²) in [6.07, 6.45) is 5.68. The topological polar surface area (TPSA) is 85.0 Å². The highest BCUT2D eigenvalue weighted by Crippen LogP contribution is 2.40. The Balaban J connectivity index is 1.57. The lowest BCUT2D eigenvalue weighted by molar-refractivity contribution is 0.0773. The summed E-state index contributed by atoms with van der Waals surface area (Å²) in [7, 11) is 1.73. The maximum atomic E-state index is 12.7. The first-order valence-electron chi connectivity index (χ1n) is 8.58. The summed E-state index contributed by atoms with van der Waals surface area (Å²) < 4.78 is 5.29. The van der Waals surface area contributed by atoms with Gasteiger partial charge in [0.25, 0.3) is 5.91 Å². The highest BCUT2D eigenvalue weighted by atomic mass is 16.5. The molecule has 1 aliphatic rings. The van der Waals surface area contributed by atoms with Crippen LogP contribution in [-0.4, -0.2) is 38.0 Å². The van der Waals surface area contributed by atoms with Crippen LogP contribution in [0.1, 0.15) is 46.5 Å². The molecule has 0 atom stereocenters. The second kappa shape index (κ2) is 6.67. The fourth-order valence-corrected chi connectivity index (χ4v) is 2.82. The minimum absolute atomic E-state index is 0.191. The van der Waals surface area contributed by atoms with E-state index in [-0.39, 0.29) is 5.91 Å². The van der Waals surface area contributed by atoms with Gasteiger partial charge >= 0.3 is 0 Å². The first-order valence-corrected chi connectivity index (χ1v) is 8.58. The first kappa shape index (κ1) is 16.4. The van der Waals surface area contributed by atoms with Crippen molar-refractivity contribution in [2.75, 3.05) is 7.05 Å². The van der Waals surface area contributed by atoms with Gasteiger partial charge in [0.2, 0.25) is 0 Å². The number of rotatable bonds is 5. The van der Waals surface area contributed by atoms with E-state index in [1.807, 2.05) is 25.1 Å². The molecule has 1 aliphatic carbocycles. The van der Waals surface area contributed by atoms with Crippen LogP contribution in [0, 0.1) is 6.92 Å². The van der Waals surface area contributed by atoms with Crippen LogP contribution in [0.15, 0.2) is 41.2 Å². The Morgan fingerprint density at radius 2 is 2.15 bits per heavy atom. The third-order valence-electron chi connectivity index (χ3n) is 4.39. The number of nitrogens with zero attached hydrogens (tertiary/aromatic N) is 5. The summed E-state index contributed by atoms with van der Waals surface area (Å²) in [6.45, 7) is 2.16. The van der Waals surface area contributed by atoms with E-state index in [1.54, 1.807) is 30.4 Å². The van der Waals surface area contributed by atoms with E-state index >= 15 is 0 Å². The third kappa shape index (κ3) is 3.33. The van der Waals surface area contributed by atoms with Gasteiger partial charge in [-0.25, -0.2) is 9.97 Å². The van der Waals surface area contributed by atoms with Crippen LogP contribution < -0.4 is 0 Å². The molecule has 7 nitrogen and oxygen atoms in total. The second-order valence-electron chi connectivity index (χ2n) is 6.54. The van der Waals surface area contributed by atoms with E-state index in [0.717, 1.165) is 35.6 Å². The van der Waals surface area contributed by atoms with E-state index in [9.17, 15) is 4.79 Å². The van der Waals surface area contributed by atoms with Crippen molar-refractivity contribution in [2.45, 2.75) is 32.2 Å². The van der Waals surface area contributed by atoms with Gasteiger partial charge in [-0.15, -0.1) is 0 Å². The molecule has 1 saturated carbocycles. The van der Waals surface area contributed by atoms with Crippen molar-refractivity contribution in [3.05, 3.63) is 59.6 Å². The van der Waals surface area contributed by atoms with Crippen LogP contribution in [0.4, 0.5) is 0 Å². The smallest absolute Gasteiger partial charge is 0.276 e. The normalized spacial score (nSPS) is 13.6. The lowest BCUT2D eigenvalue weighted by Crippen LogP contribution is -2.27. The number of hydrogen-bond acceptors (Lipinski definition) is 6. The number of aryl methyl sites for hydroxylation is 1. The zero-order valence-electron chi connectivity index (χ0n) is 14.7. The predicted molar refractivity (Wildman–Crippen MR) is 94.3 cm³/mol. The van der Waals surface area contributed by atoms with Crippen molar-refractivity contribution in [3.63, 3.8) is 0 Å². The number of amides is 1. The first-order chi connectivity index (χ1) is 12.6. The van der Waals surface area contributed by atoms with Gasteiger partial charge in [0.1, 0.15) is 11.6 Å². The molecule has 3 aromatic heterocycles. The minimum atomic E-state index is -0.191. The molecule has 7 heteroatoms. The van der Waals surface area contributed by atoms with Crippen molar-refractivity contribution in [1.29, 1.82) is 0 Å². The summed E-state index contributed by atoms with van der Waals surface area (Å²) in [4.78, 5) is 27.4. The van der Waals surface area contributed by atoms with Crippen LogP contribution in [0.2, 0.25) is 0 Å². The van der Waals surface area contributed by atoms with E-state index in [2.05, 4.69) is 20.1 Å². The fraction of sp³-hybridized carbons (Fsp3) is 0.316. The van der Waals surface area contributed by atoms with Crippen LogP contribution in [0.3, 0.4) is 0 Å². The molecule has 132 valence electrons. The van der Waals surface area contributed by atoms with Gasteiger partial charge in [0.15, 0.2) is 5.69 Å². The van der Waals surface area contributed by atoms with Gasteiger partial charge in [-0.1, -0.05) is 11.2 Å². The average Bonchev–Trinajstić information content (AvgIpc) is 3.39. The third-order valence-corrected chi connectivity index (χ3v) is 4.39. The molecule has 0 bridgehead atoms. The average molecular weight is 349 g/mol. The molecule has 3 aromatic rings. The maximum absolute atomic E-state index is 12.7. The Bertz CT molecular complexity index is 934. The van der Waals surface area contributed by atoms with Crippen LogP contribution in [0.5, 0.6) is 0 Å². The van der Waals surface area contributed by atoms with E-state index in [1.165, 1.54) is 0 Å². The molecular formula is C19H19N5O2.